The second-order valence-electron chi connectivity index (χ2n) is 7.18. The molecule has 2 amide bonds. The third-order valence-corrected chi connectivity index (χ3v) is 5.02. The fourth-order valence-corrected chi connectivity index (χ4v) is 3.33. The zero-order valence-corrected chi connectivity index (χ0v) is 17.3. The van der Waals surface area contributed by atoms with E-state index in [4.69, 9.17) is 9.47 Å². The third-order valence-electron chi connectivity index (χ3n) is 5.02. The van der Waals surface area contributed by atoms with Gasteiger partial charge in [-0.05, 0) is 36.4 Å². The molecule has 3 aromatic rings. The molecule has 2 heterocycles. The first kappa shape index (κ1) is 20.5. The smallest absolute Gasteiger partial charge is 0.227 e. The second-order valence-corrected chi connectivity index (χ2v) is 7.18. The van der Waals surface area contributed by atoms with Crippen molar-refractivity contribution in [1.29, 1.82) is 0 Å². The minimum Gasteiger partial charge on any atom is -0.490 e. The molecule has 8 heteroatoms. The van der Waals surface area contributed by atoms with Crippen molar-refractivity contribution in [1.82, 2.24) is 9.55 Å². The van der Waals surface area contributed by atoms with Gasteiger partial charge in [0.05, 0.1) is 12.2 Å². The predicted molar refractivity (Wildman–Crippen MR) is 116 cm³/mol. The normalized spacial score (nSPS) is 12.6. The molecule has 1 aliphatic rings. The molecule has 4 rings (SSSR count). The van der Waals surface area contributed by atoms with Crippen molar-refractivity contribution in [2.75, 3.05) is 23.4 Å². The molecule has 0 fully saturated rings. The van der Waals surface area contributed by atoms with Gasteiger partial charge in [-0.2, -0.15) is 0 Å². The van der Waals surface area contributed by atoms with Crippen molar-refractivity contribution in [3.63, 3.8) is 0 Å². The Bertz CT molecular complexity index is 1060. The lowest BCUT2D eigenvalue weighted by Crippen LogP contribution is -2.38. The first-order valence-corrected chi connectivity index (χ1v) is 10.1. The molecule has 0 saturated heterocycles. The zero-order chi connectivity index (χ0) is 21.6. The van der Waals surface area contributed by atoms with E-state index in [2.05, 4.69) is 10.3 Å². The summed E-state index contributed by atoms with van der Waals surface area (Å²) in [7, 11) is 1.91. The van der Waals surface area contributed by atoms with Crippen LogP contribution in [0.5, 0.6) is 11.5 Å². The van der Waals surface area contributed by atoms with E-state index in [-0.39, 0.29) is 24.7 Å². The van der Waals surface area contributed by atoms with E-state index in [0.717, 1.165) is 11.5 Å². The molecule has 0 saturated carbocycles. The van der Waals surface area contributed by atoms with Crippen LogP contribution in [0.25, 0.3) is 0 Å². The number of imidazole rings is 1. The van der Waals surface area contributed by atoms with Gasteiger partial charge in [0.2, 0.25) is 11.8 Å². The SMILES string of the molecule is Cn1ccnc1COc1ccc(NC(=O)CCC(=O)N2CCOc3ccccc32)cc1. The summed E-state index contributed by atoms with van der Waals surface area (Å²) in [5, 5.41) is 2.82. The molecule has 0 unspecified atom stereocenters. The van der Waals surface area contributed by atoms with Gasteiger partial charge < -0.3 is 24.3 Å². The van der Waals surface area contributed by atoms with Gasteiger partial charge in [0.1, 0.15) is 30.5 Å². The standard InChI is InChI=1S/C23H24N4O4/c1-26-13-12-24-21(26)16-31-18-8-6-17(7-9-18)25-22(28)10-11-23(29)27-14-15-30-20-5-3-2-4-19(20)27/h2-9,12-13H,10-11,14-16H2,1H3,(H,25,28). The zero-order valence-electron chi connectivity index (χ0n) is 17.3. The topological polar surface area (TPSA) is 85.7 Å². The highest BCUT2D eigenvalue weighted by Crippen LogP contribution is 2.31. The number of amides is 2. The molecule has 0 atom stereocenters. The highest BCUT2D eigenvalue weighted by Gasteiger charge is 2.23. The van der Waals surface area contributed by atoms with Crippen LogP contribution in [0.15, 0.2) is 60.9 Å². The molecule has 1 N–H and O–H groups in total. The fourth-order valence-electron chi connectivity index (χ4n) is 3.33. The van der Waals surface area contributed by atoms with Crippen molar-refractivity contribution in [3.05, 3.63) is 66.7 Å². The molecule has 0 spiro atoms. The number of anilines is 2. The highest BCUT2D eigenvalue weighted by molar-refractivity contribution is 5.99. The van der Waals surface area contributed by atoms with E-state index in [0.29, 0.717) is 36.9 Å². The molecule has 1 aromatic heterocycles. The van der Waals surface area contributed by atoms with Gasteiger partial charge in [-0.25, -0.2) is 4.98 Å². The Balaban J connectivity index is 1.25. The number of hydrogen-bond acceptors (Lipinski definition) is 5. The molecular formula is C23H24N4O4. The molecule has 160 valence electrons. The van der Waals surface area contributed by atoms with E-state index >= 15 is 0 Å². The first-order valence-electron chi connectivity index (χ1n) is 10.1. The maximum atomic E-state index is 12.6. The van der Waals surface area contributed by atoms with Crippen LogP contribution in [0, 0.1) is 0 Å². The van der Waals surface area contributed by atoms with Crippen LogP contribution in [0.1, 0.15) is 18.7 Å². The fraction of sp³-hybridized carbons (Fsp3) is 0.261. The van der Waals surface area contributed by atoms with Crippen molar-refractivity contribution in [3.8, 4) is 11.5 Å². The Morgan fingerprint density at radius 3 is 2.71 bits per heavy atom. The summed E-state index contributed by atoms with van der Waals surface area (Å²) in [6.45, 7) is 1.29. The average Bonchev–Trinajstić information content (AvgIpc) is 3.21. The Morgan fingerprint density at radius 2 is 1.94 bits per heavy atom. The Hall–Kier alpha value is -3.81. The number of nitrogens with one attached hydrogen (secondary N) is 1. The van der Waals surface area contributed by atoms with Gasteiger partial charge in [0.15, 0.2) is 0 Å². The van der Waals surface area contributed by atoms with E-state index in [9.17, 15) is 9.59 Å². The number of hydrogen-bond donors (Lipinski definition) is 1. The van der Waals surface area contributed by atoms with Crippen LogP contribution >= 0.6 is 0 Å². The number of aromatic nitrogens is 2. The molecule has 8 nitrogen and oxygen atoms in total. The van der Waals surface area contributed by atoms with Crippen molar-refractivity contribution in [2.45, 2.75) is 19.4 Å². The van der Waals surface area contributed by atoms with Crippen LogP contribution in [-0.4, -0.2) is 34.5 Å². The van der Waals surface area contributed by atoms with Crippen molar-refractivity contribution < 1.29 is 19.1 Å². The van der Waals surface area contributed by atoms with Crippen molar-refractivity contribution >= 4 is 23.2 Å². The first-order chi connectivity index (χ1) is 15.1. The summed E-state index contributed by atoms with van der Waals surface area (Å²) < 4.78 is 13.2. The molecule has 0 radical (unpaired) electrons. The van der Waals surface area contributed by atoms with E-state index in [1.54, 1.807) is 35.4 Å². The number of benzene rings is 2. The number of aryl methyl sites for hydroxylation is 1. The van der Waals surface area contributed by atoms with Crippen LogP contribution < -0.4 is 19.7 Å². The average molecular weight is 420 g/mol. The molecule has 0 bridgehead atoms. The van der Waals surface area contributed by atoms with Crippen LogP contribution in [-0.2, 0) is 23.2 Å². The number of para-hydroxylation sites is 2. The van der Waals surface area contributed by atoms with Gasteiger partial charge >= 0.3 is 0 Å². The lowest BCUT2D eigenvalue weighted by Gasteiger charge is -2.29. The van der Waals surface area contributed by atoms with Gasteiger partial charge in [0.25, 0.3) is 0 Å². The van der Waals surface area contributed by atoms with Gasteiger partial charge in [-0.1, -0.05) is 12.1 Å². The quantitative estimate of drug-likeness (QED) is 0.635. The van der Waals surface area contributed by atoms with E-state index in [1.807, 2.05) is 42.1 Å². The number of fused-ring (bicyclic) bond motifs is 1. The monoisotopic (exact) mass is 420 g/mol. The van der Waals surface area contributed by atoms with Crippen molar-refractivity contribution in [2.24, 2.45) is 7.05 Å². The summed E-state index contributed by atoms with van der Waals surface area (Å²) in [6, 6.07) is 14.5. The van der Waals surface area contributed by atoms with Crippen LogP contribution in [0.2, 0.25) is 0 Å². The molecule has 0 aliphatic carbocycles. The number of ether oxygens (including phenoxy) is 2. The number of carbonyl (C=O) groups is 2. The molecule has 1 aliphatic heterocycles. The van der Waals surface area contributed by atoms with Gasteiger partial charge in [-0.15, -0.1) is 0 Å². The number of nitrogens with zero attached hydrogens (tertiary/aromatic N) is 3. The van der Waals surface area contributed by atoms with Crippen LogP contribution in [0.4, 0.5) is 11.4 Å². The molecular weight excluding hydrogens is 396 g/mol. The Morgan fingerprint density at radius 1 is 1.13 bits per heavy atom. The largest absolute Gasteiger partial charge is 0.490 e. The summed E-state index contributed by atoms with van der Waals surface area (Å²) in [5.41, 5.74) is 1.40. The summed E-state index contributed by atoms with van der Waals surface area (Å²) in [4.78, 5) is 30.8. The summed E-state index contributed by atoms with van der Waals surface area (Å²) in [5.74, 6) is 1.89. The summed E-state index contributed by atoms with van der Waals surface area (Å²) in [6.07, 6.45) is 3.82. The van der Waals surface area contributed by atoms with Gasteiger partial charge in [-0.3, -0.25) is 9.59 Å². The minimum absolute atomic E-state index is 0.0936. The minimum atomic E-state index is -0.212. The lowest BCUT2D eigenvalue weighted by atomic mass is 10.2. The molecule has 2 aromatic carbocycles. The maximum Gasteiger partial charge on any atom is 0.227 e. The Kier molecular flexibility index (Phi) is 6.16. The number of rotatable bonds is 7. The maximum absolute atomic E-state index is 12.6. The predicted octanol–water partition coefficient (Wildman–Crippen LogP) is 3.14. The lowest BCUT2D eigenvalue weighted by molar-refractivity contribution is -0.122. The highest BCUT2D eigenvalue weighted by atomic mass is 16.5. The third kappa shape index (κ3) is 5.03. The molecule has 31 heavy (non-hydrogen) atoms. The summed E-state index contributed by atoms with van der Waals surface area (Å²) >= 11 is 0. The van der Waals surface area contributed by atoms with Gasteiger partial charge in [0, 0.05) is 38.0 Å². The Labute approximate surface area is 180 Å². The second kappa shape index (κ2) is 9.34. The van der Waals surface area contributed by atoms with Crippen LogP contribution in [0.3, 0.4) is 0 Å². The van der Waals surface area contributed by atoms with E-state index < -0.39 is 0 Å². The number of carbonyl (C=O) groups excluding carboxylic acids is 2. The van der Waals surface area contributed by atoms with E-state index in [1.165, 1.54) is 0 Å².